The van der Waals surface area contributed by atoms with Crippen LogP contribution in [0.3, 0.4) is 0 Å². The highest BCUT2D eigenvalue weighted by molar-refractivity contribution is 7.91. The summed E-state index contributed by atoms with van der Waals surface area (Å²) in [6.07, 6.45) is 0.725. The van der Waals surface area contributed by atoms with Gasteiger partial charge in [0.25, 0.3) is 0 Å². The highest BCUT2D eigenvalue weighted by Gasteiger charge is 2.27. The summed E-state index contributed by atoms with van der Waals surface area (Å²) in [5.41, 5.74) is 0.867. The van der Waals surface area contributed by atoms with Crippen LogP contribution in [0.15, 0.2) is 12.1 Å². The van der Waals surface area contributed by atoms with Gasteiger partial charge in [0.05, 0.1) is 23.6 Å². The van der Waals surface area contributed by atoms with Crippen molar-refractivity contribution in [3.8, 4) is 5.75 Å². The second-order valence-electron chi connectivity index (χ2n) is 4.98. The normalized spacial score (nSPS) is 20.0. The van der Waals surface area contributed by atoms with Crippen LogP contribution in [0.4, 0.5) is 0 Å². The van der Waals surface area contributed by atoms with Crippen molar-refractivity contribution in [1.29, 1.82) is 0 Å². The van der Waals surface area contributed by atoms with Gasteiger partial charge in [0.15, 0.2) is 9.84 Å². The number of methoxy groups -OCH3 is 1. The minimum absolute atomic E-state index is 0. The van der Waals surface area contributed by atoms with Crippen LogP contribution in [0.2, 0.25) is 10.0 Å². The molecule has 0 bridgehead atoms. The second kappa shape index (κ2) is 7.88. The number of nitrogens with one attached hydrogen (secondary N) is 1. The zero-order valence-corrected chi connectivity index (χ0v) is 14.7. The van der Waals surface area contributed by atoms with E-state index in [2.05, 4.69) is 5.32 Å². The second-order valence-corrected chi connectivity index (χ2v) is 8.05. The molecule has 8 heteroatoms. The number of halogens is 3. The topological polar surface area (TPSA) is 55.4 Å². The Kier molecular flexibility index (Phi) is 7.07. The molecule has 4 nitrogen and oxygen atoms in total. The fourth-order valence-electron chi connectivity index (χ4n) is 2.42. The van der Waals surface area contributed by atoms with Crippen LogP contribution in [0.25, 0.3) is 0 Å². The molecule has 1 aliphatic heterocycles. The van der Waals surface area contributed by atoms with Crippen molar-refractivity contribution in [3.05, 3.63) is 27.7 Å². The third-order valence-electron chi connectivity index (χ3n) is 3.36. The average molecular weight is 375 g/mol. The lowest BCUT2D eigenvalue weighted by atomic mass is 10.1. The smallest absolute Gasteiger partial charge is 0.150 e. The molecule has 1 atom stereocenters. The molecule has 2 rings (SSSR count). The molecule has 0 spiro atoms. The molecule has 1 N–H and O–H groups in total. The van der Waals surface area contributed by atoms with Crippen molar-refractivity contribution in [2.24, 2.45) is 5.92 Å². The lowest BCUT2D eigenvalue weighted by Crippen LogP contribution is -2.23. The minimum Gasteiger partial charge on any atom is -0.495 e. The molecule has 1 saturated heterocycles. The quantitative estimate of drug-likeness (QED) is 0.861. The largest absolute Gasteiger partial charge is 0.495 e. The summed E-state index contributed by atoms with van der Waals surface area (Å²) in [5, 5.41) is 4.27. The first kappa shape index (κ1) is 18.8. The Labute approximate surface area is 141 Å². The summed E-state index contributed by atoms with van der Waals surface area (Å²) in [6.45, 7) is 1.20. The SMILES string of the molecule is COc1c(Cl)cc(Cl)cc1CNCC1CCS(=O)(=O)C1.Cl. The van der Waals surface area contributed by atoms with E-state index < -0.39 is 9.84 Å². The zero-order chi connectivity index (χ0) is 14.8. The third-order valence-corrected chi connectivity index (χ3v) is 5.70. The van der Waals surface area contributed by atoms with E-state index in [1.165, 1.54) is 0 Å². The van der Waals surface area contributed by atoms with Crippen molar-refractivity contribution in [1.82, 2.24) is 5.32 Å². The van der Waals surface area contributed by atoms with E-state index in [1.54, 1.807) is 19.2 Å². The van der Waals surface area contributed by atoms with Gasteiger partial charge in [-0.2, -0.15) is 0 Å². The highest BCUT2D eigenvalue weighted by atomic mass is 35.5. The summed E-state index contributed by atoms with van der Waals surface area (Å²) in [4.78, 5) is 0. The molecule has 0 amide bonds. The van der Waals surface area contributed by atoms with E-state index in [4.69, 9.17) is 27.9 Å². The fraction of sp³-hybridized carbons (Fsp3) is 0.538. The van der Waals surface area contributed by atoms with E-state index >= 15 is 0 Å². The van der Waals surface area contributed by atoms with Gasteiger partial charge in [0.2, 0.25) is 0 Å². The maximum Gasteiger partial charge on any atom is 0.150 e. The molecule has 21 heavy (non-hydrogen) atoms. The van der Waals surface area contributed by atoms with E-state index in [1.807, 2.05) is 0 Å². The van der Waals surface area contributed by atoms with E-state index in [-0.39, 0.29) is 24.1 Å². The molecule has 0 saturated carbocycles. The van der Waals surface area contributed by atoms with Gasteiger partial charge >= 0.3 is 0 Å². The zero-order valence-electron chi connectivity index (χ0n) is 11.6. The molecular weight excluding hydrogens is 357 g/mol. The fourth-order valence-corrected chi connectivity index (χ4v) is 4.89. The molecule has 1 fully saturated rings. The van der Waals surface area contributed by atoms with E-state index in [9.17, 15) is 8.42 Å². The number of rotatable bonds is 5. The molecule has 1 aliphatic rings. The number of ether oxygens (including phenoxy) is 1. The predicted octanol–water partition coefficient (Wildman–Crippen LogP) is 2.95. The summed E-state index contributed by atoms with van der Waals surface area (Å²) in [6, 6.07) is 3.43. The first-order chi connectivity index (χ1) is 9.41. The molecule has 0 radical (unpaired) electrons. The van der Waals surface area contributed by atoms with Crippen LogP contribution in [0.1, 0.15) is 12.0 Å². The lowest BCUT2D eigenvalue weighted by molar-refractivity contribution is 0.406. The van der Waals surface area contributed by atoms with Gasteiger partial charge in [-0.25, -0.2) is 8.42 Å². The van der Waals surface area contributed by atoms with Crippen molar-refractivity contribution in [2.75, 3.05) is 25.2 Å². The van der Waals surface area contributed by atoms with Crippen LogP contribution in [0, 0.1) is 5.92 Å². The van der Waals surface area contributed by atoms with Crippen LogP contribution in [-0.2, 0) is 16.4 Å². The molecule has 1 unspecified atom stereocenters. The van der Waals surface area contributed by atoms with Gasteiger partial charge in [-0.15, -0.1) is 12.4 Å². The van der Waals surface area contributed by atoms with Gasteiger partial charge in [0, 0.05) is 17.1 Å². The lowest BCUT2D eigenvalue weighted by Gasteiger charge is -2.13. The number of hydrogen-bond donors (Lipinski definition) is 1. The van der Waals surface area contributed by atoms with Gasteiger partial charge in [-0.3, -0.25) is 0 Å². The standard InChI is InChI=1S/C13H17Cl2NO3S.ClH/c1-19-13-10(4-11(14)5-12(13)15)7-16-6-9-2-3-20(17,18)8-9;/h4-5,9,16H,2-3,6-8H2,1H3;1H. The Morgan fingerprint density at radius 3 is 2.67 bits per heavy atom. The molecular formula is C13H18Cl3NO3S. The summed E-state index contributed by atoms with van der Waals surface area (Å²) in [7, 11) is -1.27. The Morgan fingerprint density at radius 2 is 2.10 bits per heavy atom. The van der Waals surface area contributed by atoms with Crippen LogP contribution >= 0.6 is 35.6 Å². The van der Waals surface area contributed by atoms with Crippen molar-refractivity contribution < 1.29 is 13.2 Å². The van der Waals surface area contributed by atoms with E-state index in [0.717, 1.165) is 12.0 Å². The Bertz CT molecular complexity index is 593. The van der Waals surface area contributed by atoms with Gasteiger partial charge < -0.3 is 10.1 Å². The predicted molar refractivity (Wildman–Crippen MR) is 88.7 cm³/mol. The molecule has 0 aliphatic carbocycles. The van der Waals surface area contributed by atoms with E-state index in [0.29, 0.717) is 34.6 Å². The van der Waals surface area contributed by atoms with Crippen molar-refractivity contribution >= 4 is 45.4 Å². The van der Waals surface area contributed by atoms with Gasteiger partial charge in [-0.1, -0.05) is 23.2 Å². The molecule has 0 aromatic heterocycles. The average Bonchev–Trinajstić information content (AvgIpc) is 2.68. The third kappa shape index (κ3) is 5.18. The number of hydrogen-bond acceptors (Lipinski definition) is 4. The molecule has 1 aromatic carbocycles. The first-order valence-corrected chi connectivity index (χ1v) is 8.92. The van der Waals surface area contributed by atoms with Crippen molar-refractivity contribution in [3.63, 3.8) is 0 Å². The summed E-state index contributed by atoms with van der Waals surface area (Å²) in [5.74, 6) is 1.35. The van der Waals surface area contributed by atoms with Gasteiger partial charge in [0.1, 0.15) is 5.75 Å². The Balaban J connectivity index is 0.00000220. The number of sulfone groups is 1. The highest BCUT2D eigenvalue weighted by Crippen LogP contribution is 2.32. The summed E-state index contributed by atoms with van der Waals surface area (Å²) < 4.78 is 28.0. The molecule has 1 heterocycles. The van der Waals surface area contributed by atoms with Crippen LogP contribution in [0.5, 0.6) is 5.75 Å². The monoisotopic (exact) mass is 373 g/mol. The maximum absolute atomic E-state index is 11.4. The minimum atomic E-state index is -2.82. The Hall–Kier alpha value is -0.200. The first-order valence-electron chi connectivity index (χ1n) is 6.34. The van der Waals surface area contributed by atoms with Crippen LogP contribution < -0.4 is 10.1 Å². The number of benzene rings is 1. The van der Waals surface area contributed by atoms with Gasteiger partial charge in [-0.05, 0) is 31.0 Å². The Morgan fingerprint density at radius 1 is 1.38 bits per heavy atom. The summed E-state index contributed by atoms with van der Waals surface area (Å²) >= 11 is 12.0. The maximum atomic E-state index is 11.4. The van der Waals surface area contributed by atoms with Crippen molar-refractivity contribution in [2.45, 2.75) is 13.0 Å². The molecule has 120 valence electrons. The molecule has 1 aromatic rings. The van der Waals surface area contributed by atoms with Crippen LogP contribution in [-0.4, -0.2) is 33.6 Å².